The van der Waals surface area contributed by atoms with Crippen molar-refractivity contribution in [3.05, 3.63) is 108 Å². The van der Waals surface area contributed by atoms with E-state index in [1.54, 1.807) is 42.3 Å². The minimum atomic E-state index is -4.27. The molecule has 12 bridgehead atoms. The Hall–Kier alpha value is -6.96. The molecule has 115 heavy (non-hydrogen) atoms. The summed E-state index contributed by atoms with van der Waals surface area (Å²) in [5.74, 6) is -2.78. The monoisotopic (exact) mass is 1630 g/mol. The lowest BCUT2D eigenvalue weighted by Crippen LogP contribution is -2.61. The van der Waals surface area contributed by atoms with Gasteiger partial charge in [0.1, 0.15) is 48.6 Å². The Morgan fingerprint density at radius 3 is 2.11 bits per heavy atom. The Labute approximate surface area is 670 Å². The number of sulfonamides is 1. The molecule has 10 fully saturated rings. The Bertz CT molecular complexity index is 3940. The van der Waals surface area contributed by atoms with Gasteiger partial charge in [-0.15, -0.1) is 5.10 Å². The molecule has 34 heteroatoms. The zero-order chi connectivity index (χ0) is 80.4. The Kier molecular flexibility index (Phi) is 30.7. The van der Waals surface area contributed by atoms with Gasteiger partial charge in [-0.1, -0.05) is 43.5 Å². The van der Waals surface area contributed by atoms with Crippen molar-refractivity contribution >= 4 is 50.9 Å². The maximum absolute atomic E-state index is 14.6. The van der Waals surface area contributed by atoms with E-state index in [4.69, 9.17) is 87.1 Å². The number of ketones is 1. The van der Waals surface area contributed by atoms with Gasteiger partial charge in [0, 0.05) is 95.8 Å². The number of anilines is 1. The third-order valence-electron chi connectivity index (χ3n) is 23.0. The van der Waals surface area contributed by atoms with E-state index in [0.29, 0.717) is 109 Å². The summed E-state index contributed by atoms with van der Waals surface area (Å²) in [6, 6.07) is 9.15. The van der Waals surface area contributed by atoms with Crippen LogP contribution in [-0.2, 0) is 134 Å². The molecule has 0 unspecified atom stereocenters. The lowest BCUT2D eigenvalue weighted by Gasteiger charge is -2.47. The number of amides is 3. The van der Waals surface area contributed by atoms with Crippen LogP contribution in [0.25, 0.3) is 4.85 Å². The van der Waals surface area contributed by atoms with Gasteiger partial charge >= 0.3 is 5.97 Å². The number of carbonyl (C=O) groups is 5. The molecule has 14 rings (SSSR count). The number of nitrogens with one attached hydrogen (secondary N) is 1. The second-order valence-electron chi connectivity index (χ2n) is 31.1. The predicted octanol–water partition coefficient (Wildman–Crippen LogP) is 5.48. The van der Waals surface area contributed by atoms with E-state index in [2.05, 4.69) is 45.5 Å². The number of aliphatic hydroxyl groups is 1. The zero-order valence-electron chi connectivity index (χ0n) is 65.6. The number of imide groups is 1. The summed E-state index contributed by atoms with van der Waals surface area (Å²) in [5, 5.41) is 22.4. The molecule has 3 aromatic rings. The number of aliphatic hydroxyl groups excluding tert-OH is 1. The lowest BCUT2D eigenvalue weighted by molar-refractivity contribution is -0.292. The molecule has 11 aliphatic rings. The average Bonchev–Trinajstić information content (AvgIpc) is 1.55. The topological polar surface area (TPSA) is 363 Å². The second kappa shape index (κ2) is 41.1. The van der Waals surface area contributed by atoms with Crippen LogP contribution in [-0.4, -0.2) is 284 Å². The van der Waals surface area contributed by atoms with Crippen molar-refractivity contribution in [1.82, 2.24) is 30.2 Å². The van der Waals surface area contributed by atoms with Crippen molar-refractivity contribution in [2.75, 3.05) is 117 Å². The summed E-state index contributed by atoms with van der Waals surface area (Å²) in [7, 11) is -2.67. The minimum absolute atomic E-state index is 0.00482. The highest BCUT2D eigenvalue weighted by Crippen LogP contribution is 2.55. The lowest BCUT2D eigenvalue weighted by atomic mass is 9.81. The number of nitrogens with zero attached hydrogens (tertiary/aromatic N) is 7. The smallest absolute Gasteiger partial charge is 0.306 e. The van der Waals surface area contributed by atoms with Crippen LogP contribution in [0.5, 0.6) is 0 Å². The molecule has 0 radical (unpaired) electrons. The quantitative estimate of drug-likeness (QED) is 0.0234. The molecule has 0 aliphatic carbocycles. The summed E-state index contributed by atoms with van der Waals surface area (Å²) < 4.78 is 137. The molecule has 0 saturated carbocycles. The standard InChI is InChI=1S/C81H110N8O25S/c1-51-40-60-12-14-64-52(2)41-62(107-64)20-22-81-46-69-77(113-81)78-79(112-69)80(114-81)76-65(111-78)15-13-61(109-76)42-59(91)43-63-67(45-66(108-60)53(51)3)110-68(75(63)98-5)44-58(90)11-19-74(95)106-49-54-6-9-57(10-7-54)89(115(96,97)71-16-8-55(82-4)47-84-71)26-29-101-32-35-103-34-31-100-28-25-87-48-56(85-86-87)50-105-39-38-104-37-36-102-33-30-99-27-23-83-70(92)21-24-88-72(93)17-18-73(88)94/h6-10,16-18,47-48,51,58,60-69,75-80,90H,2-3,11-15,19-46,49-50H2,1,5H3,(H,83,92)/t51-,58-,60+,61-,62+,63+,64+,65+,66-,67+,68-,69-,75-,76+,77+,78+,79-,80+,81+/m1/s1. The van der Waals surface area contributed by atoms with Crippen LogP contribution in [0.15, 0.2) is 90.3 Å². The first kappa shape index (κ1) is 85.9. The number of pyridine rings is 1. The first-order chi connectivity index (χ1) is 55.8. The highest BCUT2D eigenvalue weighted by atomic mass is 32.2. The molecule has 1 spiro atoms. The second-order valence-corrected chi connectivity index (χ2v) is 32.9. The molecule has 2 N–H and O–H groups in total. The average molecular weight is 1630 g/mol. The van der Waals surface area contributed by atoms with Crippen LogP contribution in [0.4, 0.5) is 11.4 Å². The Balaban J connectivity index is 0.513. The molecule has 3 amide bonds. The summed E-state index contributed by atoms with van der Waals surface area (Å²) in [4.78, 5) is 71.6. The van der Waals surface area contributed by atoms with Gasteiger partial charge in [0.25, 0.3) is 21.8 Å². The number of esters is 1. The van der Waals surface area contributed by atoms with Crippen molar-refractivity contribution in [3.63, 3.8) is 0 Å². The van der Waals surface area contributed by atoms with E-state index in [9.17, 15) is 37.5 Å². The van der Waals surface area contributed by atoms with Crippen molar-refractivity contribution in [2.24, 2.45) is 11.8 Å². The van der Waals surface area contributed by atoms with Gasteiger partial charge < -0.3 is 90.9 Å². The zero-order valence-corrected chi connectivity index (χ0v) is 66.4. The molecule has 13 heterocycles. The van der Waals surface area contributed by atoms with Gasteiger partial charge in [-0.05, 0) is 92.2 Å². The van der Waals surface area contributed by atoms with E-state index in [1.807, 2.05) is 0 Å². The van der Waals surface area contributed by atoms with Crippen LogP contribution in [0.2, 0.25) is 0 Å². The summed E-state index contributed by atoms with van der Waals surface area (Å²) in [6.45, 7) is 23.0. The van der Waals surface area contributed by atoms with Crippen LogP contribution in [0, 0.1) is 18.4 Å². The summed E-state index contributed by atoms with van der Waals surface area (Å²) in [5.41, 5.74) is 3.74. The van der Waals surface area contributed by atoms with Gasteiger partial charge in [0.2, 0.25) is 11.6 Å². The van der Waals surface area contributed by atoms with Crippen LogP contribution in [0.1, 0.15) is 121 Å². The van der Waals surface area contributed by atoms with Crippen molar-refractivity contribution in [3.8, 4) is 0 Å². The fourth-order valence-electron chi connectivity index (χ4n) is 17.1. The van der Waals surface area contributed by atoms with Gasteiger partial charge in [0.05, 0.1) is 191 Å². The molecular formula is C81H110N8O25S. The molecule has 1 aromatic carbocycles. The highest BCUT2D eigenvalue weighted by Gasteiger charge is 2.69. The Morgan fingerprint density at radius 1 is 0.704 bits per heavy atom. The van der Waals surface area contributed by atoms with Gasteiger partial charge in [-0.2, -0.15) is 8.42 Å². The first-order valence-electron chi connectivity index (χ1n) is 40.5. The van der Waals surface area contributed by atoms with Crippen LogP contribution in [0.3, 0.4) is 0 Å². The van der Waals surface area contributed by atoms with Crippen molar-refractivity contribution in [1.29, 1.82) is 0 Å². The minimum Gasteiger partial charge on any atom is -0.461 e. The number of rotatable bonds is 40. The molecule has 630 valence electrons. The number of methoxy groups -OCH3 is 1. The van der Waals surface area contributed by atoms with E-state index in [1.165, 1.54) is 30.5 Å². The first-order valence-corrected chi connectivity index (χ1v) is 41.9. The number of hydrogen-bond donors (Lipinski definition) is 2. The van der Waals surface area contributed by atoms with Crippen molar-refractivity contribution < 1.29 is 118 Å². The molecule has 19 atom stereocenters. The fraction of sp³-hybridized carbons (Fsp3) is 0.691. The number of fused-ring (bicyclic) bond motifs is 6. The largest absolute Gasteiger partial charge is 0.461 e. The Morgan fingerprint density at radius 2 is 1.38 bits per heavy atom. The number of hydrogen-bond acceptors (Lipinski definition) is 28. The highest BCUT2D eigenvalue weighted by molar-refractivity contribution is 7.92. The molecule has 33 nitrogen and oxygen atoms in total. The van der Waals surface area contributed by atoms with E-state index in [-0.39, 0.29) is 193 Å². The normalized spacial score (nSPS) is 30.7. The van der Waals surface area contributed by atoms with E-state index >= 15 is 0 Å². The summed E-state index contributed by atoms with van der Waals surface area (Å²) >= 11 is 0. The third kappa shape index (κ3) is 22.7. The van der Waals surface area contributed by atoms with Gasteiger partial charge in [-0.3, -0.25) is 38.2 Å². The van der Waals surface area contributed by atoms with E-state index < -0.39 is 76.1 Å². The number of carbonyl (C=O) groups excluding carboxylic acids is 5. The fourth-order valence-corrected chi connectivity index (χ4v) is 18.5. The molecule has 2 aromatic heterocycles. The van der Waals surface area contributed by atoms with Crippen LogP contribution < -0.4 is 9.62 Å². The third-order valence-corrected chi connectivity index (χ3v) is 24.8. The maximum Gasteiger partial charge on any atom is 0.306 e. The molecule has 10 saturated heterocycles. The molecule has 11 aliphatic heterocycles. The summed E-state index contributed by atoms with van der Waals surface area (Å²) in [6.07, 6.45) is 6.84. The molecular weight excluding hydrogens is 1520 g/mol. The number of Topliss-reactive ketones (excluding diaryl/α,β-unsaturated/α-hetero) is 1. The SMILES string of the molecule is [C-]#[N+]c1ccc(S(=O)(=O)N(CCOCCOCCOCCn2cc(COCCOCCOCCOCCNC(=O)CCN3C(=O)C=CC3=O)nn2)c2ccc(COC(=O)CC[C@@H](O)C[C@H]3O[C@H]4C[C@H]5O[C@@H](CC[C@@H]6O[C@@H](CC[C@@]78C[C@H]9O[C@H]%10[C@@H](O7)[C@H]7O[C@H](CC[C@@H]7O[C@H]%10[C@H]9O8)CC(=O)C[C@@H]4[C@H]3OC)CC6=C)C[C@@H](C)C5=C)cc2)nc1. The van der Waals surface area contributed by atoms with Crippen molar-refractivity contribution in [2.45, 2.75) is 238 Å². The van der Waals surface area contributed by atoms with E-state index in [0.717, 1.165) is 52.5 Å². The number of ether oxygens (including phenoxy) is 17. The maximum atomic E-state index is 14.6. The van der Waals surface area contributed by atoms with Gasteiger partial charge in [0.15, 0.2) is 10.8 Å². The number of benzene rings is 1. The van der Waals surface area contributed by atoms with Crippen LogP contribution >= 0.6 is 0 Å². The number of aromatic nitrogens is 4. The predicted molar refractivity (Wildman–Crippen MR) is 406 cm³/mol. The van der Waals surface area contributed by atoms with Gasteiger partial charge in [-0.25, -0.2) is 9.53 Å².